The van der Waals surface area contributed by atoms with Crippen LogP contribution in [0.4, 0.5) is 0 Å². The predicted molar refractivity (Wildman–Crippen MR) is 95.1 cm³/mol. The number of phenolic OH excluding ortho intramolecular Hbond substituents is 1. The summed E-state index contributed by atoms with van der Waals surface area (Å²) in [7, 11) is 3.21. The first kappa shape index (κ1) is 16.0. The average Bonchev–Trinajstić information content (AvgIpc) is 2.91. The number of hydrogen-bond donors (Lipinski definition) is 1. The summed E-state index contributed by atoms with van der Waals surface area (Å²) < 4.78 is 16.8. The van der Waals surface area contributed by atoms with Crippen LogP contribution >= 0.6 is 0 Å². The summed E-state index contributed by atoms with van der Waals surface area (Å²) in [4.78, 5) is 0. The maximum Gasteiger partial charge on any atom is 0.161 e. The van der Waals surface area contributed by atoms with Crippen LogP contribution in [0, 0.1) is 6.92 Å². The Kier molecular flexibility index (Phi) is 4.21. The first-order valence-electron chi connectivity index (χ1n) is 7.67. The van der Waals surface area contributed by atoms with Crippen molar-refractivity contribution in [2.45, 2.75) is 13.3 Å². The topological polar surface area (TPSA) is 51.8 Å². The van der Waals surface area contributed by atoms with Crippen LogP contribution in [0.15, 0.2) is 47.4 Å². The van der Waals surface area contributed by atoms with E-state index in [1.807, 2.05) is 25.1 Å². The molecule has 0 aliphatic heterocycles. The second kappa shape index (κ2) is 6.32. The highest BCUT2D eigenvalue weighted by Gasteiger charge is 2.17. The second-order valence-electron chi connectivity index (χ2n) is 5.60. The molecule has 0 aliphatic rings. The molecule has 4 nitrogen and oxygen atoms in total. The maximum absolute atomic E-state index is 9.98. The van der Waals surface area contributed by atoms with Crippen molar-refractivity contribution in [3.05, 3.63) is 54.1 Å². The van der Waals surface area contributed by atoms with Crippen molar-refractivity contribution < 1.29 is 19.0 Å². The molecule has 1 N–H and O–H groups in total. The predicted octanol–water partition coefficient (Wildman–Crippen LogP) is 4.86. The fraction of sp³-hybridized carbons (Fsp3) is 0.200. The second-order valence-corrected chi connectivity index (χ2v) is 5.60. The Labute approximate surface area is 140 Å². The van der Waals surface area contributed by atoms with E-state index < -0.39 is 0 Å². The molecule has 1 aromatic heterocycles. The van der Waals surface area contributed by atoms with Gasteiger partial charge in [0.15, 0.2) is 11.5 Å². The van der Waals surface area contributed by atoms with Gasteiger partial charge >= 0.3 is 0 Å². The van der Waals surface area contributed by atoms with Crippen molar-refractivity contribution >= 4 is 11.0 Å². The summed E-state index contributed by atoms with van der Waals surface area (Å²) in [5, 5.41) is 10.9. The molecule has 0 amide bonds. The molecule has 3 rings (SSSR count). The number of hydrogen-bond acceptors (Lipinski definition) is 4. The quantitative estimate of drug-likeness (QED) is 0.681. The van der Waals surface area contributed by atoms with Gasteiger partial charge in [0.1, 0.15) is 17.1 Å². The molecule has 124 valence electrons. The minimum absolute atomic E-state index is 0.224. The smallest absolute Gasteiger partial charge is 0.161 e. The van der Waals surface area contributed by atoms with Gasteiger partial charge in [0.25, 0.3) is 0 Å². The summed E-state index contributed by atoms with van der Waals surface area (Å²) in [6, 6.07) is 9.11. The zero-order valence-electron chi connectivity index (χ0n) is 14.1. The lowest BCUT2D eigenvalue weighted by atomic mass is 10.0. The van der Waals surface area contributed by atoms with Gasteiger partial charge in [-0.15, -0.1) is 6.58 Å². The third kappa shape index (κ3) is 2.60. The number of benzene rings is 2. The van der Waals surface area contributed by atoms with E-state index in [1.54, 1.807) is 32.4 Å². The number of methoxy groups -OCH3 is 2. The van der Waals surface area contributed by atoms with Crippen molar-refractivity contribution in [1.29, 1.82) is 0 Å². The molecule has 3 aromatic rings. The van der Waals surface area contributed by atoms with Gasteiger partial charge in [-0.25, -0.2) is 0 Å². The lowest BCUT2D eigenvalue weighted by Gasteiger charge is -2.08. The van der Waals surface area contributed by atoms with Crippen molar-refractivity contribution in [3.63, 3.8) is 0 Å². The van der Waals surface area contributed by atoms with E-state index in [4.69, 9.17) is 13.9 Å². The van der Waals surface area contributed by atoms with Crippen molar-refractivity contribution in [3.8, 4) is 28.6 Å². The molecule has 0 bridgehead atoms. The van der Waals surface area contributed by atoms with Crippen LogP contribution in [0.2, 0.25) is 0 Å². The van der Waals surface area contributed by atoms with E-state index in [-0.39, 0.29) is 5.75 Å². The van der Waals surface area contributed by atoms with E-state index in [1.165, 1.54) is 0 Å². The van der Waals surface area contributed by atoms with Crippen LogP contribution in [0.1, 0.15) is 11.1 Å². The van der Waals surface area contributed by atoms with Crippen LogP contribution in [-0.2, 0) is 6.42 Å². The third-order valence-electron chi connectivity index (χ3n) is 4.11. The average molecular weight is 324 g/mol. The molecule has 1 heterocycles. The first-order valence-corrected chi connectivity index (χ1v) is 7.67. The van der Waals surface area contributed by atoms with Gasteiger partial charge in [-0.2, -0.15) is 0 Å². The fourth-order valence-corrected chi connectivity index (χ4v) is 2.93. The Hall–Kier alpha value is -2.88. The monoisotopic (exact) mass is 324 g/mol. The van der Waals surface area contributed by atoms with Gasteiger partial charge in [0.2, 0.25) is 0 Å². The highest BCUT2D eigenvalue weighted by molar-refractivity contribution is 5.91. The molecular weight excluding hydrogens is 304 g/mol. The number of allylic oxidation sites excluding steroid dienone is 1. The largest absolute Gasteiger partial charge is 0.508 e. The number of rotatable bonds is 5. The summed E-state index contributed by atoms with van der Waals surface area (Å²) in [6.45, 7) is 5.75. The van der Waals surface area contributed by atoms with Crippen molar-refractivity contribution in [1.82, 2.24) is 0 Å². The summed E-state index contributed by atoms with van der Waals surface area (Å²) in [5.74, 6) is 2.29. The SMILES string of the molecule is C=CCc1cc(O)cc2c(C)c(-c3ccc(OC)c(OC)c3)oc12. The highest BCUT2D eigenvalue weighted by atomic mass is 16.5. The normalized spacial score (nSPS) is 10.8. The van der Waals surface area contributed by atoms with Gasteiger partial charge in [-0.1, -0.05) is 6.08 Å². The molecule has 0 saturated carbocycles. The fourth-order valence-electron chi connectivity index (χ4n) is 2.93. The van der Waals surface area contributed by atoms with E-state index in [2.05, 4.69) is 6.58 Å². The van der Waals surface area contributed by atoms with Gasteiger partial charge in [0.05, 0.1) is 14.2 Å². The van der Waals surface area contributed by atoms with Gasteiger partial charge in [-0.3, -0.25) is 0 Å². The van der Waals surface area contributed by atoms with E-state index >= 15 is 0 Å². The Bertz CT molecular complexity index is 906. The Morgan fingerprint density at radius 1 is 1.12 bits per heavy atom. The summed E-state index contributed by atoms with van der Waals surface area (Å²) >= 11 is 0. The van der Waals surface area contributed by atoms with Crippen LogP contribution < -0.4 is 9.47 Å². The minimum atomic E-state index is 0.224. The van der Waals surface area contributed by atoms with Crippen LogP contribution in [0.5, 0.6) is 17.2 Å². The Balaban J connectivity index is 2.22. The molecule has 24 heavy (non-hydrogen) atoms. The summed E-state index contributed by atoms with van der Waals surface area (Å²) in [6.07, 6.45) is 2.42. The molecular formula is C20H20O4. The lowest BCUT2D eigenvalue weighted by molar-refractivity contribution is 0.355. The van der Waals surface area contributed by atoms with E-state index in [0.717, 1.165) is 33.4 Å². The van der Waals surface area contributed by atoms with Gasteiger partial charge < -0.3 is 19.0 Å². The lowest BCUT2D eigenvalue weighted by Crippen LogP contribution is -1.90. The van der Waals surface area contributed by atoms with Crippen molar-refractivity contribution in [2.75, 3.05) is 14.2 Å². The molecule has 0 aliphatic carbocycles. The van der Waals surface area contributed by atoms with E-state index in [0.29, 0.717) is 17.9 Å². The first-order chi connectivity index (χ1) is 11.6. The van der Waals surface area contributed by atoms with Crippen LogP contribution in [0.25, 0.3) is 22.3 Å². The number of aryl methyl sites for hydroxylation is 1. The number of aromatic hydroxyl groups is 1. The Morgan fingerprint density at radius 3 is 2.54 bits per heavy atom. The number of phenols is 1. The van der Waals surface area contributed by atoms with Crippen molar-refractivity contribution in [2.24, 2.45) is 0 Å². The van der Waals surface area contributed by atoms with E-state index in [9.17, 15) is 5.11 Å². The molecule has 0 saturated heterocycles. The molecule has 0 unspecified atom stereocenters. The number of furan rings is 1. The molecule has 4 heteroatoms. The Morgan fingerprint density at radius 2 is 1.88 bits per heavy atom. The molecule has 2 aromatic carbocycles. The van der Waals surface area contributed by atoms with Crippen LogP contribution in [0.3, 0.4) is 0 Å². The molecule has 0 atom stereocenters. The van der Waals surface area contributed by atoms with Gasteiger partial charge in [-0.05, 0) is 43.7 Å². The zero-order chi connectivity index (χ0) is 17.3. The zero-order valence-corrected chi connectivity index (χ0v) is 14.1. The summed E-state index contributed by atoms with van der Waals surface area (Å²) in [5.41, 5.74) is 3.55. The van der Waals surface area contributed by atoms with Crippen LogP contribution in [-0.4, -0.2) is 19.3 Å². The third-order valence-corrected chi connectivity index (χ3v) is 4.11. The maximum atomic E-state index is 9.98. The van der Waals surface area contributed by atoms with Gasteiger partial charge in [0, 0.05) is 22.1 Å². The number of fused-ring (bicyclic) bond motifs is 1. The molecule has 0 spiro atoms. The standard InChI is InChI=1S/C20H20O4/c1-5-6-13-9-15(21)11-16-12(2)19(24-20(13)16)14-7-8-17(22-3)18(10-14)23-4/h5,7-11,21H,1,6H2,2-4H3. The highest BCUT2D eigenvalue weighted by Crippen LogP contribution is 2.39. The minimum Gasteiger partial charge on any atom is -0.508 e. The molecule has 0 radical (unpaired) electrons. The number of ether oxygens (including phenoxy) is 2. The molecule has 0 fully saturated rings.